The largest absolute Gasteiger partial charge is 0.462 e. The maximum absolute atomic E-state index is 14.1. The van der Waals surface area contributed by atoms with Crippen molar-refractivity contribution in [2.75, 3.05) is 30.7 Å². The van der Waals surface area contributed by atoms with Crippen LogP contribution in [0.4, 0.5) is 29.0 Å². The molecule has 4 rings (SSSR count). The number of hydrogen-bond acceptors (Lipinski definition) is 6. The predicted molar refractivity (Wildman–Crippen MR) is 139 cm³/mol. The summed E-state index contributed by atoms with van der Waals surface area (Å²) in [5.41, 5.74) is -3.05. The molecule has 0 aliphatic heterocycles. The number of ether oxygens (including phenoxy) is 1. The lowest BCUT2D eigenvalue weighted by molar-refractivity contribution is -0.138. The zero-order valence-electron chi connectivity index (χ0n) is 21.9. The van der Waals surface area contributed by atoms with E-state index >= 15 is 0 Å². The Morgan fingerprint density at radius 3 is 2.50 bits per heavy atom. The van der Waals surface area contributed by atoms with Gasteiger partial charge in [0.1, 0.15) is 5.56 Å². The average Bonchev–Trinajstić information content (AvgIpc) is 2.91. The number of fused-ring (bicyclic) bond motifs is 1. The summed E-state index contributed by atoms with van der Waals surface area (Å²) < 4.78 is 62.2. The van der Waals surface area contributed by atoms with Crippen molar-refractivity contribution in [2.24, 2.45) is 0 Å². The highest BCUT2D eigenvalue weighted by Gasteiger charge is 2.37. The van der Waals surface area contributed by atoms with Crippen molar-refractivity contribution in [1.29, 1.82) is 0 Å². The van der Waals surface area contributed by atoms with Crippen LogP contribution in [0, 0.1) is 0 Å². The molecule has 0 fully saturated rings. The second kappa shape index (κ2) is 11.0. The van der Waals surface area contributed by atoms with Crippen LogP contribution in [-0.2, 0) is 22.1 Å². The van der Waals surface area contributed by atoms with Crippen LogP contribution in [0.5, 0.6) is 0 Å². The summed E-state index contributed by atoms with van der Waals surface area (Å²) in [6.07, 6.45) is -2.71. The Morgan fingerprint density at radius 1 is 1.15 bits per heavy atom. The maximum Gasteiger partial charge on any atom is 0.416 e. The van der Waals surface area contributed by atoms with E-state index in [9.17, 15) is 36.8 Å². The number of alkyl halides is 3. The molecule has 2 aromatic carbocycles. The fourth-order valence-electron chi connectivity index (χ4n) is 5.00. The van der Waals surface area contributed by atoms with Gasteiger partial charge in [0.25, 0.3) is 5.56 Å². The van der Waals surface area contributed by atoms with Crippen LogP contribution in [0.2, 0.25) is 0 Å². The van der Waals surface area contributed by atoms with Crippen molar-refractivity contribution in [2.45, 2.75) is 38.4 Å². The van der Waals surface area contributed by atoms with Crippen LogP contribution < -0.4 is 21.3 Å². The van der Waals surface area contributed by atoms with Gasteiger partial charge in [0.2, 0.25) is 6.41 Å². The van der Waals surface area contributed by atoms with Crippen molar-refractivity contribution in [1.82, 2.24) is 9.13 Å². The summed E-state index contributed by atoms with van der Waals surface area (Å²) in [5, 5.41) is 0.268. The number of carbonyl (C=O) groups excluding carboxylic acids is 2. The highest BCUT2D eigenvalue weighted by atomic mass is 19.4. The summed E-state index contributed by atoms with van der Waals surface area (Å²) in [6, 6.07) is 6.45. The Labute approximate surface area is 225 Å². The first-order chi connectivity index (χ1) is 18.9. The molecule has 212 valence electrons. The lowest BCUT2D eigenvalue weighted by Crippen LogP contribution is -2.45. The molecular weight excluding hydrogens is 536 g/mol. The number of rotatable bonds is 7. The minimum absolute atomic E-state index is 0.00813. The summed E-state index contributed by atoms with van der Waals surface area (Å²) in [7, 11) is 2.47. The topological polar surface area (TPSA) is 93.8 Å². The van der Waals surface area contributed by atoms with Crippen LogP contribution >= 0.6 is 0 Å². The molecule has 1 heterocycles. The van der Waals surface area contributed by atoms with Gasteiger partial charge in [-0.05, 0) is 61.6 Å². The van der Waals surface area contributed by atoms with E-state index in [1.807, 2.05) is 0 Å². The van der Waals surface area contributed by atoms with Crippen molar-refractivity contribution in [3.63, 3.8) is 0 Å². The maximum atomic E-state index is 14.1. The number of anilines is 2. The van der Waals surface area contributed by atoms with E-state index < -0.39 is 40.6 Å². The van der Waals surface area contributed by atoms with Crippen molar-refractivity contribution in [3.8, 4) is 5.69 Å². The van der Waals surface area contributed by atoms with Crippen LogP contribution in [0.25, 0.3) is 5.69 Å². The van der Waals surface area contributed by atoms with Gasteiger partial charge in [-0.25, -0.2) is 14.7 Å². The summed E-state index contributed by atoms with van der Waals surface area (Å²) in [6.45, 7) is 1.45. The number of amides is 1. The molecule has 1 unspecified atom stereocenters. The quantitative estimate of drug-likeness (QED) is 0.187. The molecule has 0 spiro atoms. The predicted octanol–water partition coefficient (Wildman–Crippen LogP) is 4.03. The van der Waals surface area contributed by atoms with E-state index in [4.69, 9.17) is 4.74 Å². The number of benzene rings is 2. The monoisotopic (exact) mass is 562 g/mol. The standard InChI is InChI=1S/C27H26F4N4O5/c1-4-40-25(38)19-14-34(16-11-12-22(33(3)31)23(13-16)32(2)15-36)26(39)35(24(19)37)21-10-6-7-17-18(21)8-5-9-20(17)27(28,29)30/h5,8-9,11-15,21H,4,6-7,10H2,1-3H3. The highest BCUT2D eigenvalue weighted by Crippen LogP contribution is 2.40. The molecule has 0 saturated carbocycles. The Balaban J connectivity index is 2.02. The molecular formula is C27H26F4N4O5. The molecule has 0 saturated heterocycles. The Kier molecular flexibility index (Phi) is 7.85. The molecule has 1 amide bonds. The van der Waals surface area contributed by atoms with Gasteiger partial charge in [0.15, 0.2) is 0 Å². The van der Waals surface area contributed by atoms with Gasteiger partial charge in [-0.1, -0.05) is 12.1 Å². The number of nitrogens with zero attached hydrogens (tertiary/aromatic N) is 4. The molecule has 9 nitrogen and oxygen atoms in total. The molecule has 1 aliphatic rings. The lowest BCUT2D eigenvalue weighted by atomic mass is 9.84. The summed E-state index contributed by atoms with van der Waals surface area (Å²) in [5.74, 6) is -1.03. The van der Waals surface area contributed by atoms with Crippen molar-refractivity contribution < 1.29 is 32.0 Å². The molecule has 0 N–H and O–H groups in total. The van der Waals surface area contributed by atoms with E-state index in [0.29, 0.717) is 6.41 Å². The first-order valence-electron chi connectivity index (χ1n) is 12.4. The minimum Gasteiger partial charge on any atom is -0.462 e. The van der Waals surface area contributed by atoms with Gasteiger partial charge >= 0.3 is 17.8 Å². The van der Waals surface area contributed by atoms with Gasteiger partial charge in [-0.3, -0.25) is 18.7 Å². The second-order valence-electron chi connectivity index (χ2n) is 9.24. The third-order valence-electron chi connectivity index (χ3n) is 6.81. The van der Waals surface area contributed by atoms with Gasteiger partial charge in [-0.2, -0.15) is 13.2 Å². The molecule has 0 bridgehead atoms. The fraction of sp³-hybridized carbons (Fsp3) is 0.333. The van der Waals surface area contributed by atoms with Gasteiger partial charge in [0, 0.05) is 20.3 Å². The highest BCUT2D eigenvalue weighted by molar-refractivity contribution is 5.89. The smallest absolute Gasteiger partial charge is 0.416 e. The van der Waals surface area contributed by atoms with Crippen molar-refractivity contribution >= 4 is 23.8 Å². The minimum atomic E-state index is -4.64. The van der Waals surface area contributed by atoms with E-state index in [1.165, 1.54) is 44.3 Å². The SMILES string of the molecule is CCOC(=O)c1cn(-c2ccc(N(C)F)c(N(C)C=O)c2)c(=O)n(C2CCCc3c2cccc3C(F)(F)F)c1=O. The summed E-state index contributed by atoms with van der Waals surface area (Å²) >= 11 is 0. The normalized spacial score (nSPS) is 14.8. The van der Waals surface area contributed by atoms with E-state index in [1.54, 1.807) is 0 Å². The second-order valence-corrected chi connectivity index (χ2v) is 9.24. The third-order valence-corrected chi connectivity index (χ3v) is 6.81. The molecule has 13 heteroatoms. The zero-order valence-corrected chi connectivity index (χ0v) is 21.9. The number of hydrogen-bond donors (Lipinski definition) is 0. The van der Waals surface area contributed by atoms with Gasteiger partial charge in [0.05, 0.1) is 35.3 Å². The molecule has 1 atom stereocenters. The van der Waals surface area contributed by atoms with Crippen LogP contribution in [0.15, 0.2) is 52.2 Å². The molecule has 0 radical (unpaired) electrons. The number of aromatic nitrogens is 2. The number of halogens is 4. The van der Waals surface area contributed by atoms with E-state index in [0.717, 1.165) is 33.3 Å². The first-order valence-corrected chi connectivity index (χ1v) is 12.4. The average molecular weight is 563 g/mol. The zero-order chi connectivity index (χ0) is 29.4. The molecule has 1 aromatic heterocycles. The Morgan fingerprint density at radius 2 is 1.88 bits per heavy atom. The van der Waals surface area contributed by atoms with E-state index in [-0.39, 0.29) is 59.2 Å². The van der Waals surface area contributed by atoms with Crippen LogP contribution in [-0.4, -0.2) is 42.2 Å². The molecule has 3 aromatic rings. The third kappa shape index (κ3) is 5.10. The lowest BCUT2D eigenvalue weighted by Gasteiger charge is -2.29. The fourth-order valence-corrected chi connectivity index (χ4v) is 5.00. The molecule has 1 aliphatic carbocycles. The van der Waals surface area contributed by atoms with E-state index in [2.05, 4.69) is 0 Å². The molecule has 40 heavy (non-hydrogen) atoms. The first kappa shape index (κ1) is 28.6. The number of carbonyl (C=O) groups is 2. The number of esters is 1. The van der Waals surface area contributed by atoms with Crippen molar-refractivity contribution in [3.05, 3.63) is 85.7 Å². The Hall–Kier alpha value is -4.42. The Bertz CT molecular complexity index is 1580. The van der Waals surface area contributed by atoms with Gasteiger partial charge < -0.3 is 9.64 Å². The summed E-state index contributed by atoms with van der Waals surface area (Å²) in [4.78, 5) is 52.7. The van der Waals surface area contributed by atoms with Crippen LogP contribution in [0.3, 0.4) is 0 Å². The van der Waals surface area contributed by atoms with Gasteiger partial charge in [-0.15, -0.1) is 4.48 Å². The van der Waals surface area contributed by atoms with Crippen LogP contribution in [0.1, 0.15) is 52.9 Å².